The number of ether oxygens (including phenoxy) is 1. The highest BCUT2D eigenvalue weighted by Crippen LogP contribution is 2.27. The zero-order valence-electron chi connectivity index (χ0n) is 16.7. The molecule has 2 amide bonds. The first kappa shape index (κ1) is 20.9. The van der Waals surface area contributed by atoms with Crippen LogP contribution in [0.3, 0.4) is 0 Å². The Bertz CT molecular complexity index is 1180. The molecular weight excluding hydrogens is 458 g/mol. The monoisotopic (exact) mass is 477 g/mol. The van der Waals surface area contributed by atoms with Crippen molar-refractivity contribution in [3.05, 3.63) is 65.3 Å². The Morgan fingerprint density at radius 3 is 2.90 bits per heavy atom. The van der Waals surface area contributed by atoms with E-state index in [4.69, 9.17) is 4.74 Å². The summed E-state index contributed by atoms with van der Waals surface area (Å²) in [6.07, 6.45) is 1.92. The van der Waals surface area contributed by atoms with E-state index in [0.29, 0.717) is 12.3 Å². The number of aromatic nitrogens is 1. The number of nitrogens with zero attached hydrogens (tertiary/aromatic N) is 2. The molecular formula is C24H20BrN3O3. The molecule has 1 aliphatic heterocycles. The maximum absolute atomic E-state index is 12.4. The van der Waals surface area contributed by atoms with Crippen molar-refractivity contribution in [3.8, 4) is 17.6 Å². The molecule has 1 N–H and O–H groups in total. The Morgan fingerprint density at radius 1 is 1.19 bits per heavy atom. The van der Waals surface area contributed by atoms with Gasteiger partial charge in [0.05, 0.1) is 12.5 Å². The van der Waals surface area contributed by atoms with E-state index in [1.807, 2.05) is 54.6 Å². The summed E-state index contributed by atoms with van der Waals surface area (Å²) in [5.41, 5.74) is 1.58. The second-order valence-electron chi connectivity index (χ2n) is 7.08. The first-order chi connectivity index (χ1) is 15.1. The van der Waals surface area contributed by atoms with Gasteiger partial charge in [-0.1, -0.05) is 52.0 Å². The molecule has 2 aromatic carbocycles. The van der Waals surface area contributed by atoms with Gasteiger partial charge in [-0.05, 0) is 30.3 Å². The van der Waals surface area contributed by atoms with Crippen LogP contribution >= 0.6 is 15.9 Å². The average Bonchev–Trinajstić information content (AvgIpc) is 3.18. The zero-order chi connectivity index (χ0) is 21.6. The van der Waals surface area contributed by atoms with Crippen LogP contribution in [0.25, 0.3) is 10.9 Å². The third kappa shape index (κ3) is 5.04. The van der Waals surface area contributed by atoms with E-state index in [9.17, 15) is 9.59 Å². The second kappa shape index (κ2) is 9.63. The summed E-state index contributed by atoms with van der Waals surface area (Å²) >= 11 is 3.41. The molecule has 0 radical (unpaired) electrons. The smallest absolute Gasteiger partial charge is 0.227 e. The second-order valence-corrected chi connectivity index (χ2v) is 7.99. The van der Waals surface area contributed by atoms with Crippen molar-refractivity contribution in [3.63, 3.8) is 0 Å². The van der Waals surface area contributed by atoms with Crippen molar-refractivity contribution in [2.24, 2.45) is 5.92 Å². The molecule has 1 fully saturated rings. The number of rotatable bonds is 5. The quantitative estimate of drug-likeness (QED) is 0.570. The molecule has 1 aliphatic rings. The van der Waals surface area contributed by atoms with E-state index < -0.39 is 0 Å². The predicted octanol–water partition coefficient (Wildman–Crippen LogP) is 3.55. The number of carbonyl (C=O) groups excluding carboxylic acids is 2. The van der Waals surface area contributed by atoms with Crippen molar-refractivity contribution in [1.82, 2.24) is 10.3 Å². The minimum atomic E-state index is -0.383. The molecule has 4 rings (SSSR count). The number of pyridine rings is 1. The van der Waals surface area contributed by atoms with Crippen LogP contribution in [0.2, 0.25) is 0 Å². The molecule has 1 saturated heterocycles. The summed E-state index contributed by atoms with van der Waals surface area (Å²) in [6.45, 7) is 0.771. The number of hydrogen-bond donors (Lipinski definition) is 1. The summed E-state index contributed by atoms with van der Waals surface area (Å²) < 4.78 is 6.60. The van der Waals surface area contributed by atoms with Gasteiger partial charge in [0, 0.05) is 34.7 Å². The summed E-state index contributed by atoms with van der Waals surface area (Å²) in [6, 6.07) is 17.1. The number of carbonyl (C=O) groups is 2. The molecule has 0 spiro atoms. The number of hydrogen-bond acceptors (Lipinski definition) is 4. The molecule has 7 heteroatoms. The Labute approximate surface area is 188 Å². The number of anilines is 1. The molecule has 31 heavy (non-hydrogen) atoms. The highest BCUT2D eigenvalue weighted by molar-refractivity contribution is 9.10. The van der Waals surface area contributed by atoms with Crippen LogP contribution in [-0.4, -0.2) is 36.5 Å². The van der Waals surface area contributed by atoms with Gasteiger partial charge in [-0.15, -0.1) is 0 Å². The van der Waals surface area contributed by atoms with Gasteiger partial charge >= 0.3 is 0 Å². The van der Waals surface area contributed by atoms with Crippen molar-refractivity contribution in [2.75, 3.05) is 24.6 Å². The Balaban J connectivity index is 1.25. The van der Waals surface area contributed by atoms with Gasteiger partial charge < -0.3 is 15.0 Å². The van der Waals surface area contributed by atoms with Crippen molar-refractivity contribution >= 4 is 44.3 Å². The number of amides is 2. The molecule has 156 valence electrons. The Kier molecular flexibility index (Phi) is 6.48. The van der Waals surface area contributed by atoms with Gasteiger partial charge in [0.2, 0.25) is 11.8 Å². The summed E-state index contributed by atoms with van der Waals surface area (Å²) in [5, 5.41) is 3.79. The molecule has 1 unspecified atom stereocenters. The van der Waals surface area contributed by atoms with E-state index in [0.717, 1.165) is 21.1 Å². The van der Waals surface area contributed by atoms with Gasteiger partial charge in [-0.25, -0.2) is 0 Å². The van der Waals surface area contributed by atoms with Gasteiger partial charge in [0.1, 0.15) is 17.9 Å². The molecule has 0 bridgehead atoms. The molecule has 0 aliphatic carbocycles. The van der Waals surface area contributed by atoms with Crippen LogP contribution in [0.4, 0.5) is 5.69 Å². The number of benzene rings is 2. The number of halogens is 1. The highest BCUT2D eigenvalue weighted by atomic mass is 79.9. The summed E-state index contributed by atoms with van der Waals surface area (Å²) in [7, 11) is 0. The van der Waals surface area contributed by atoms with E-state index >= 15 is 0 Å². The first-order valence-electron chi connectivity index (χ1n) is 9.88. The average molecular weight is 478 g/mol. The van der Waals surface area contributed by atoms with Crippen LogP contribution in [-0.2, 0) is 9.59 Å². The van der Waals surface area contributed by atoms with Gasteiger partial charge in [-0.3, -0.25) is 14.6 Å². The third-order valence-electron chi connectivity index (χ3n) is 4.99. The molecule has 6 nitrogen and oxygen atoms in total. The fourth-order valence-corrected chi connectivity index (χ4v) is 3.86. The fraction of sp³-hybridized carbons (Fsp3) is 0.208. The van der Waals surface area contributed by atoms with Gasteiger partial charge in [-0.2, -0.15) is 0 Å². The van der Waals surface area contributed by atoms with E-state index in [1.54, 1.807) is 11.1 Å². The normalized spacial score (nSPS) is 15.5. The SMILES string of the molecule is O=C(NCC#CCOc1cccc2cccnc12)C1CC(=O)N(c2cccc(Br)c2)C1. The maximum Gasteiger partial charge on any atom is 0.227 e. The largest absolute Gasteiger partial charge is 0.479 e. The van der Waals surface area contributed by atoms with Gasteiger partial charge in [0.15, 0.2) is 0 Å². The Hall–Kier alpha value is -3.37. The fourth-order valence-electron chi connectivity index (χ4n) is 3.47. The minimum absolute atomic E-state index is 0.0542. The standard InChI is InChI=1S/C24H20BrN3O3/c25-19-8-4-9-20(15-19)28-16-18(14-22(28)29)24(30)27-11-1-2-13-31-21-10-3-6-17-7-5-12-26-23(17)21/h3-10,12,15,18H,11,13-14,16H2,(H,27,30). The lowest BCUT2D eigenvalue weighted by Gasteiger charge is -2.16. The highest BCUT2D eigenvalue weighted by Gasteiger charge is 2.34. The first-order valence-corrected chi connectivity index (χ1v) is 10.7. The van der Waals surface area contributed by atoms with Crippen LogP contribution in [0.5, 0.6) is 5.75 Å². The van der Waals surface area contributed by atoms with Crippen molar-refractivity contribution in [1.29, 1.82) is 0 Å². The van der Waals surface area contributed by atoms with Crippen LogP contribution in [0.1, 0.15) is 6.42 Å². The Morgan fingerprint density at radius 2 is 2.03 bits per heavy atom. The topological polar surface area (TPSA) is 71.5 Å². The number of nitrogens with one attached hydrogen (secondary N) is 1. The van der Waals surface area contributed by atoms with Crippen LogP contribution in [0, 0.1) is 17.8 Å². The molecule has 2 heterocycles. The molecule has 3 aromatic rings. The lowest BCUT2D eigenvalue weighted by Crippen LogP contribution is -2.33. The van der Waals surface area contributed by atoms with E-state index in [2.05, 4.69) is 38.1 Å². The lowest BCUT2D eigenvalue weighted by molar-refractivity contribution is -0.126. The lowest BCUT2D eigenvalue weighted by atomic mass is 10.1. The molecule has 1 atom stereocenters. The predicted molar refractivity (Wildman–Crippen MR) is 123 cm³/mol. The number of para-hydroxylation sites is 1. The minimum Gasteiger partial charge on any atom is -0.479 e. The maximum atomic E-state index is 12.4. The third-order valence-corrected chi connectivity index (χ3v) is 5.48. The molecule has 1 aromatic heterocycles. The number of fused-ring (bicyclic) bond motifs is 1. The van der Waals surface area contributed by atoms with Crippen molar-refractivity contribution in [2.45, 2.75) is 6.42 Å². The van der Waals surface area contributed by atoms with Crippen molar-refractivity contribution < 1.29 is 14.3 Å². The summed E-state index contributed by atoms with van der Waals surface area (Å²) in [4.78, 5) is 30.7. The van der Waals surface area contributed by atoms with Gasteiger partial charge in [0.25, 0.3) is 0 Å². The van der Waals surface area contributed by atoms with E-state index in [1.165, 1.54) is 0 Å². The molecule has 0 saturated carbocycles. The zero-order valence-corrected chi connectivity index (χ0v) is 18.3. The van der Waals surface area contributed by atoms with E-state index in [-0.39, 0.29) is 37.3 Å². The summed E-state index contributed by atoms with van der Waals surface area (Å²) in [5.74, 6) is 5.85. The van der Waals surface area contributed by atoms with Crippen LogP contribution in [0.15, 0.2) is 65.3 Å². The van der Waals surface area contributed by atoms with Crippen LogP contribution < -0.4 is 15.0 Å².